The van der Waals surface area contributed by atoms with Gasteiger partial charge in [0.1, 0.15) is 17.4 Å². The van der Waals surface area contributed by atoms with Crippen molar-refractivity contribution in [2.45, 2.75) is 65.5 Å². The zero-order chi connectivity index (χ0) is 29.9. The predicted molar refractivity (Wildman–Crippen MR) is 149 cm³/mol. The fourth-order valence-corrected chi connectivity index (χ4v) is 4.48. The van der Waals surface area contributed by atoms with Crippen molar-refractivity contribution in [3.05, 3.63) is 42.4 Å². The SMILES string of the molecule is CC(C)CC(=O)NCCC(=O)N1NCCC[C@H]1C(=O)N[C@@H](C(=O)COC(=O)c1ccoc1-c1cccnc1)C(C)C. The monoisotopic (exact) mass is 569 g/mol. The molecule has 12 heteroatoms. The van der Waals surface area contributed by atoms with Gasteiger partial charge >= 0.3 is 5.97 Å². The number of ketones is 1. The van der Waals surface area contributed by atoms with E-state index in [1.807, 2.05) is 13.8 Å². The minimum atomic E-state index is -0.938. The molecule has 0 aliphatic carbocycles. The highest BCUT2D eigenvalue weighted by atomic mass is 16.5. The van der Waals surface area contributed by atoms with Gasteiger partial charge in [-0.25, -0.2) is 10.2 Å². The Bertz CT molecular complexity index is 1210. The van der Waals surface area contributed by atoms with Crippen molar-refractivity contribution < 1.29 is 33.1 Å². The Labute approximate surface area is 239 Å². The average Bonchev–Trinajstić information content (AvgIpc) is 3.44. The van der Waals surface area contributed by atoms with Crippen LogP contribution < -0.4 is 16.1 Å². The summed E-state index contributed by atoms with van der Waals surface area (Å²) in [6.45, 7) is 7.53. The molecule has 2 aromatic heterocycles. The third-order valence-corrected chi connectivity index (χ3v) is 6.54. The number of rotatable bonds is 13. The van der Waals surface area contributed by atoms with Crippen LogP contribution in [-0.4, -0.2) is 71.2 Å². The van der Waals surface area contributed by atoms with Crippen molar-refractivity contribution in [2.75, 3.05) is 19.7 Å². The summed E-state index contributed by atoms with van der Waals surface area (Å²) >= 11 is 0. The van der Waals surface area contributed by atoms with Crippen LogP contribution in [0.5, 0.6) is 0 Å². The summed E-state index contributed by atoms with van der Waals surface area (Å²) in [5.74, 6) is -2.00. The van der Waals surface area contributed by atoms with E-state index in [9.17, 15) is 24.0 Å². The number of hydrazine groups is 1. The number of carbonyl (C=O) groups excluding carboxylic acids is 5. The molecule has 1 aliphatic heterocycles. The Morgan fingerprint density at radius 1 is 1.17 bits per heavy atom. The molecule has 222 valence electrons. The molecule has 3 amide bonds. The summed E-state index contributed by atoms with van der Waals surface area (Å²) in [6, 6.07) is 3.12. The van der Waals surface area contributed by atoms with Crippen LogP contribution >= 0.6 is 0 Å². The highest BCUT2D eigenvalue weighted by molar-refractivity contribution is 5.98. The van der Waals surface area contributed by atoms with E-state index in [4.69, 9.17) is 9.15 Å². The second kappa shape index (κ2) is 15.1. The Hall–Kier alpha value is -4.06. The average molecular weight is 570 g/mol. The molecule has 0 aromatic carbocycles. The molecule has 0 bridgehead atoms. The first-order valence-electron chi connectivity index (χ1n) is 13.9. The number of ether oxygens (including phenoxy) is 1. The number of Topliss-reactive ketones (excluding diaryl/α,β-unsaturated/α-hetero) is 1. The van der Waals surface area contributed by atoms with Gasteiger partial charge in [-0.1, -0.05) is 27.7 Å². The van der Waals surface area contributed by atoms with Crippen molar-refractivity contribution in [2.24, 2.45) is 11.8 Å². The van der Waals surface area contributed by atoms with Gasteiger partial charge in [0.25, 0.3) is 0 Å². The molecule has 3 rings (SSSR count). The maximum absolute atomic E-state index is 13.3. The molecule has 0 radical (unpaired) electrons. The first kappa shape index (κ1) is 31.5. The summed E-state index contributed by atoms with van der Waals surface area (Å²) in [7, 11) is 0. The summed E-state index contributed by atoms with van der Waals surface area (Å²) in [4.78, 5) is 67.9. The third kappa shape index (κ3) is 8.97. The number of furan rings is 1. The number of amides is 3. The van der Waals surface area contributed by atoms with Crippen molar-refractivity contribution in [3.63, 3.8) is 0 Å². The van der Waals surface area contributed by atoms with Gasteiger partial charge in [0.15, 0.2) is 12.4 Å². The van der Waals surface area contributed by atoms with Crippen LogP contribution in [0.2, 0.25) is 0 Å². The summed E-state index contributed by atoms with van der Waals surface area (Å²) in [5, 5.41) is 6.76. The van der Waals surface area contributed by atoms with Gasteiger partial charge in [-0.2, -0.15) is 0 Å². The van der Waals surface area contributed by atoms with E-state index in [0.717, 1.165) is 0 Å². The van der Waals surface area contributed by atoms with Crippen LogP contribution in [0.25, 0.3) is 11.3 Å². The fraction of sp³-hybridized carbons (Fsp3) is 0.517. The van der Waals surface area contributed by atoms with Crippen molar-refractivity contribution in [3.8, 4) is 11.3 Å². The van der Waals surface area contributed by atoms with E-state index >= 15 is 0 Å². The lowest BCUT2D eigenvalue weighted by Crippen LogP contribution is -2.61. The lowest BCUT2D eigenvalue weighted by molar-refractivity contribution is -0.147. The molecular weight excluding hydrogens is 530 g/mol. The van der Waals surface area contributed by atoms with Gasteiger partial charge in [-0.05, 0) is 42.9 Å². The van der Waals surface area contributed by atoms with E-state index in [0.29, 0.717) is 31.4 Å². The maximum atomic E-state index is 13.3. The number of carbonyl (C=O) groups is 5. The van der Waals surface area contributed by atoms with Gasteiger partial charge < -0.3 is 19.8 Å². The van der Waals surface area contributed by atoms with Crippen LogP contribution in [0, 0.1) is 11.8 Å². The second-order valence-electron chi connectivity index (χ2n) is 10.7. The molecule has 1 saturated heterocycles. The smallest absolute Gasteiger partial charge is 0.342 e. The predicted octanol–water partition coefficient (Wildman–Crippen LogP) is 2.26. The van der Waals surface area contributed by atoms with Crippen molar-refractivity contribution in [1.29, 1.82) is 0 Å². The van der Waals surface area contributed by atoms with Crippen molar-refractivity contribution in [1.82, 2.24) is 26.1 Å². The fourth-order valence-electron chi connectivity index (χ4n) is 4.48. The molecule has 2 atom stereocenters. The number of esters is 1. The number of pyridine rings is 1. The number of nitrogens with one attached hydrogen (secondary N) is 3. The van der Waals surface area contributed by atoms with E-state index in [2.05, 4.69) is 21.0 Å². The van der Waals surface area contributed by atoms with Crippen LogP contribution in [0.15, 0.2) is 41.3 Å². The van der Waals surface area contributed by atoms with E-state index < -0.39 is 36.4 Å². The topological polar surface area (TPSA) is 160 Å². The maximum Gasteiger partial charge on any atom is 0.342 e. The van der Waals surface area contributed by atoms with E-state index in [-0.39, 0.29) is 47.9 Å². The summed E-state index contributed by atoms with van der Waals surface area (Å²) < 4.78 is 10.7. The number of nitrogens with zero attached hydrogens (tertiary/aromatic N) is 2. The van der Waals surface area contributed by atoms with Gasteiger partial charge in [-0.3, -0.25) is 29.2 Å². The quantitative estimate of drug-likeness (QED) is 0.308. The van der Waals surface area contributed by atoms with Crippen molar-refractivity contribution >= 4 is 29.5 Å². The van der Waals surface area contributed by atoms with Crippen LogP contribution in [0.4, 0.5) is 0 Å². The minimum Gasteiger partial charge on any atom is -0.463 e. The molecule has 41 heavy (non-hydrogen) atoms. The Balaban J connectivity index is 1.57. The first-order chi connectivity index (χ1) is 19.6. The third-order valence-electron chi connectivity index (χ3n) is 6.54. The molecule has 2 aromatic rings. The normalized spacial score (nSPS) is 15.9. The van der Waals surface area contributed by atoms with E-state index in [1.165, 1.54) is 17.3 Å². The van der Waals surface area contributed by atoms with Crippen LogP contribution in [0.3, 0.4) is 0 Å². The molecular formula is C29H39N5O7. The molecule has 0 saturated carbocycles. The van der Waals surface area contributed by atoms with Crippen LogP contribution in [-0.2, 0) is 23.9 Å². The lowest BCUT2D eigenvalue weighted by Gasteiger charge is -2.36. The van der Waals surface area contributed by atoms with E-state index in [1.54, 1.807) is 38.4 Å². The lowest BCUT2D eigenvalue weighted by atomic mass is 9.98. The molecule has 12 nitrogen and oxygen atoms in total. The molecule has 0 spiro atoms. The molecule has 1 aliphatic rings. The highest BCUT2D eigenvalue weighted by Gasteiger charge is 2.35. The Kier molecular flexibility index (Phi) is 11.6. The Morgan fingerprint density at radius 3 is 2.63 bits per heavy atom. The first-order valence-corrected chi connectivity index (χ1v) is 13.9. The Morgan fingerprint density at radius 2 is 1.95 bits per heavy atom. The minimum absolute atomic E-state index is 0.0259. The summed E-state index contributed by atoms with van der Waals surface area (Å²) in [5.41, 5.74) is 3.71. The summed E-state index contributed by atoms with van der Waals surface area (Å²) in [6.07, 6.45) is 5.96. The zero-order valence-electron chi connectivity index (χ0n) is 24.0. The second-order valence-corrected chi connectivity index (χ2v) is 10.7. The standard InChI is InChI=1S/C29H39N5O7/c1-18(2)15-24(36)31-13-9-25(37)34-22(8-6-12-32-34)28(38)33-26(19(3)4)23(35)17-41-29(39)21-10-14-40-27(21)20-7-5-11-30-16-20/h5,7,10-11,14,16,18-19,22,26,32H,6,8-9,12-13,15,17H2,1-4H3,(H,31,36)(H,33,38)/t22-,26+/m0/s1. The van der Waals surface area contributed by atoms with Gasteiger partial charge in [0, 0.05) is 43.9 Å². The van der Waals surface area contributed by atoms with Gasteiger partial charge in [0.2, 0.25) is 17.7 Å². The number of hydrogen-bond donors (Lipinski definition) is 3. The molecule has 1 fully saturated rings. The number of aromatic nitrogens is 1. The molecule has 3 heterocycles. The number of hydrogen-bond acceptors (Lipinski definition) is 9. The largest absolute Gasteiger partial charge is 0.463 e. The zero-order valence-corrected chi connectivity index (χ0v) is 24.0. The molecule has 0 unspecified atom stereocenters. The highest BCUT2D eigenvalue weighted by Crippen LogP contribution is 2.24. The van der Waals surface area contributed by atoms with Gasteiger partial charge in [0.05, 0.1) is 12.3 Å². The van der Waals surface area contributed by atoms with Crippen LogP contribution in [0.1, 0.15) is 63.7 Å². The molecule has 3 N–H and O–H groups in total. The van der Waals surface area contributed by atoms with Gasteiger partial charge in [-0.15, -0.1) is 0 Å².